The topological polar surface area (TPSA) is 46.2 Å². The number of benzene rings is 1. The van der Waals surface area contributed by atoms with Crippen molar-refractivity contribution in [1.29, 1.82) is 0 Å². The number of hydrogen-bond acceptors (Lipinski definition) is 3. The largest absolute Gasteiger partial charge is 0.395 e. The van der Waals surface area contributed by atoms with Gasteiger partial charge in [0, 0.05) is 22.6 Å². The Morgan fingerprint density at radius 2 is 2.29 bits per heavy atom. The predicted octanol–water partition coefficient (Wildman–Crippen LogP) is 1.89. The number of aliphatic hydroxyl groups excluding tert-OH is 1. The van der Waals surface area contributed by atoms with Crippen molar-refractivity contribution in [1.82, 2.24) is 0 Å². The third-order valence-corrected chi connectivity index (χ3v) is 3.16. The van der Waals surface area contributed by atoms with Crippen LogP contribution < -0.4 is 5.73 Å². The molecule has 0 fully saturated rings. The summed E-state index contributed by atoms with van der Waals surface area (Å²) in [6.07, 6.45) is 0. The molecule has 0 aliphatic rings. The Labute approximate surface area is 93.5 Å². The van der Waals surface area contributed by atoms with Gasteiger partial charge in [-0.2, -0.15) is 11.8 Å². The molecular weight excluding hydrogens is 218 g/mol. The molecule has 0 spiro atoms. The molecule has 4 heteroatoms. The fraction of sp³-hybridized carbons (Fsp3) is 0.400. The van der Waals surface area contributed by atoms with E-state index in [-0.39, 0.29) is 12.6 Å². The highest BCUT2D eigenvalue weighted by Gasteiger charge is 2.00. The molecule has 2 nitrogen and oxygen atoms in total. The van der Waals surface area contributed by atoms with E-state index in [1.165, 1.54) is 5.56 Å². The standard InChI is InChI=1S/C10H14ClNOS/c11-9-3-1-2-8(4-9)6-14-7-10(12)5-13/h1-4,10,13H,5-7,12H2/t10-/m1/s1. The van der Waals surface area contributed by atoms with Crippen molar-refractivity contribution in [2.75, 3.05) is 12.4 Å². The lowest BCUT2D eigenvalue weighted by molar-refractivity contribution is 0.275. The summed E-state index contributed by atoms with van der Waals surface area (Å²) in [6.45, 7) is 0.0442. The minimum atomic E-state index is -0.126. The van der Waals surface area contributed by atoms with Crippen LogP contribution in [0.3, 0.4) is 0 Å². The van der Waals surface area contributed by atoms with E-state index < -0.39 is 0 Å². The van der Waals surface area contributed by atoms with Crippen LogP contribution in [0.2, 0.25) is 5.02 Å². The average molecular weight is 232 g/mol. The number of rotatable bonds is 5. The van der Waals surface area contributed by atoms with Crippen molar-refractivity contribution in [3.63, 3.8) is 0 Å². The molecule has 0 heterocycles. The summed E-state index contributed by atoms with van der Waals surface area (Å²) in [4.78, 5) is 0. The van der Waals surface area contributed by atoms with Gasteiger partial charge in [-0.3, -0.25) is 0 Å². The first-order valence-electron chi connectivity index (χ1n) is 4.41. The molecule has 1 aromatic carbocycles. The van der Waals surface area contributed by atoms with Crippen LogP contribution in [0.5, 0.6) is 0 Å². The second kappa shape index (κ2) is 6.30. The van der Waals surface area contributed by atoms with E-state index >= 15 is 0 Å². The van der Waals surface area contributed by atoms with Gasteiger partial charge in [-0.25, -0.2) is 0 Å². The quantitative estimate of drug-likeness (QED) is 0.814. The molecule has 1 atom stereocenters. The van der Waals surface area contributed by atoms with Gasteiger partial charge < -0.3 is 10.8 Å². The van der Waals surface area contributed by atoms with Crippen molar-refractivity contribution in [2.24, 2.45) is 5.73 Å². The van der Waals surface area contributed by atoms with Gasteiger partial charge in [-0.15, -0.1) is 0 Å². The lowest BCUT2D eigenvalue weighted by Crippen LogP contribution is -2.26. The summed E-state index contributed by atoms with van der Waals surface area (Å²) in [5, 5.41) is 9.48. The average Bonchev–Trinajstić information content (AvgIpc) is 2.17. The van der Waals surface area contributed by atoms with Gasteiger partial charge in [0.25, 0.3) is 0 Å². The van der Waals surface area contributed by atoms with Gasteiger partial charge in [-0.1, -0.05) is 23.7 Å². The van der Waals surface area contributed by atoms with Gasteiger partial charge in [0.05, 0.1) is 6.61 Å². The van der Waals surface area contributed by atoms with Gasteiger partial charge in [0.15, 0.2) is 0 Å². The molecule has 0 saturated carbocycles. The van der Waals surface area contributed by atoms with E-state index in [4.69, 9.17) is 22.4 Å². The summed E-state index contributed by atoms with van der Waals surface area (Å²) in [7, 11) is 0. The molecule has 0 amide bonds. The van der Waals surface area contributed by atoms with Crippen molar-refractivity contribution in [3.05, 3.63) is 34.9 Å². The number of thioether (sulfide) groups is 1. The van der Waals surface area contributed by atoms with Crippen LogP contribution in [-0.4, -0.2) is 23.5 Å². The molecule has 0 unspecified atom stereocenters. The van der Waals surface area contributed by atoms with Gasteiger partial charge in [0.1, 0.15) is 0 Å². The van der Waals surface area contributed by atoms with E-state index in [0.717, 1.165) is 16.5 Å². The van der Waals surface area contributed by atoms with E-state index in [1.807, 2.05) is 24.3 Å². The van der Waals surface area contributed by atoms with E-state index in [9.17, 15) is 0 Å². The maximum absolute atomic E-state index is 8.72. The molecule has 78 valence electrons. The zero-order valence-electron chi connectivity index (χ0n) is 7.82. The van der Waals surface area contributed by atoms with Crippen LogP contribution in [0.15, 0.2) is 24.3 Å². The van der Waals surface area contributed by atoms with Crippen LogP contribution in [0.4, 0.5) is 0 Å². The van der Waals surface area contributed by atoms with Crippen molar-refractivity contribution in [2.45, 2.75) is 11.8 Å². The molecule has 0 bridgehead atoms. The molecule has 14 heavy (non-hydrogen) atoms. The zero-order valence-corrected chi connectivity index (χ0v) is 9.39. The molecule has 0 aromatic heterocycles. The first-order chi connectivity index (χ1) is 6.72. The summed E-state index contributed by atoms with van der Waals surface area (Å²) in [5.41, 5.74) is 6.76. The monoisotopic (exact) mass is 231 g/mol. The van der Waals surface area contributed by atoms with Crippen molar-refractivity contribution in [3.8, 4) is 0 Å². The highest BCUT2D eigenvalue weighted by molar-refractivity contribution is 7.98. The molecular formula is C10H14ClNOS. The van der Waals surface area contributed by atoms with E-state index in [2.05, 4.69) is 0 Å². The lowest BCUT2D eigenvalue weighted by Gasteiger charge is -2.07. The first kappa shape index (κ1) is 11.9. The molecule has 0 radical (unpaired) electrons. The van der Waals surface area contributed by atoms with E-state index in [1.54, 1.807) is 11.8 Å². The minimum absolute atomic E-state index is 0.0442. The molecule has 0 aliphatic carbocycles. The maximum Gasteiger partial charge on any atom is 0.0590 e. The molecule has 3 N–H and O–H groups in total. The Bertz CT molecular complexity index is 283. The van der Waals surface area contributed by atoms with Gasteiger partial charge in [-0.05, 0) is 17.7 Å². The molecule has 0 saturated heterocycles. The Hall–Kier alpha value is -0.220. The SMILES string of the molecule is N[C@H](CO)CSCc1cccc(Cl)c1. The fourth-order valence-electron chi connectivity index (χ4n) is 1.01. The third kappa shape index (κ3) is 4.33. The number of halogens is 1. The zero-order chi connectivity index (χ0) is 10.4. The number of nitrogens with two attached hydrogens (primary N) is 1. The van der Waals surface area contributed by atoms with Crippen molar-refractivity contribution < 1.29 is 5.11 Å². The summed E-state index contributed by atoms with van der Waals surface area (Å²) in [5.74, 6) is 1.65. The van der Waals surface area contributed by atoms with E-state index in [0.29, 0.717) is 0 Å². The van der Waals surface area contributed by atoms with Crippen LogP contribution >= 0.6 is 23.4 Å². The highest BCUT2D eigenvalue weighted by Crippen LogP contribution is 2.16. The Morgan fingerprint density at radius 1 is 1.50 bits per heavy atom. The third-order valence-electron chi connectivity index (χ3n) is 1.72. The summed E-state index contributed by atoms with van der Waals surface area (Å²) < 4.78 is 0. The van der Waals surface area contributed by atoms with Gasteiger partial charge >= 0.3 is 0 Å². The smallest absolute Gasteiger partial charge is 0.0590 e. The lowest BCUT2D eigenvalue weighted by atomic mass is 10.2. The van der Waals surface area contributed by atoms with Crippen LogP contribution in [0.1, 0.15) is 5.56 Å². The predicted molar refractivity (Wildman–Crippen MR) is 62.7 cm³/mol. The highest BCUT2D eigenvalue weighted by atomic mass is 35.5. The molecule has 1 aromatic rings. The maximum atomic E-state index is 8.72. The summed E-state index contributed by atoms with van der Waals surface area (Å²) >= 11 is 7.54. The van der Waals surface area contributed by atoms with Crippen LogP contribution in [0, 0.1) is 0 Å². The Kier molecular flexibility index (Phi) is 5.33. The molecule has 0 aliphatic heterocycles. The Morgan fingerprint density at radius 3 is 2.93 bits per heavy atom. The normalized spacial score (nSPS) is 12.8. The second-order valence-electron chi connectivity index (χ2n) is 3.09. The number of aliphatic hydroxyl groups is 1. The number of hydrogen-bond donors (Lipinski definition) is 2. The minimum Gasteiger partial charge on any atom is -0.395 e. The summed E-state index contributed by atoms with van der Waals surface area (Å²) in [6, 6.07) is 7.64. The second-order valence-corrected chi connectivity index (χ2v) is 4.55. The van der Waals surface area contributed by atoms with Crippen LogP contribution in [0.25, 0.3) is 0 Å². The van der Waals surface area contributed by atoms with Gasteiger partial charge in [0.2, 0.25) is 0 Å². The molecule has 1 rings (SSSR count). The fourth-order valence-corrected chi connectivity index (χ4v) is 2.16. The van der Waals surface area contributed by atoms with Crippen LogP contribution in [-0.2, 0) is 5.75 Å². The first-order valence-corrected chi connectivity index (χ1v) is 5.94. The van der Waals surface area contributed by atoms with Crippen molar-refractivity contribution >= 4 is 23.4 Å². The Balaban J connectivity index is 2.31.